The number of hydrogen-bond donors (Lipinski definition) is 1. The third-order valence-corrected chi connectivity index (χ3v) is 4.71. The van der Waals surface area contributed by atoms with Crippen LogP contribution in [0.15, 0.2) is 5.38 Å². The molecule has 1 fully saturated rings. The number of thiophene rings is 1. The zero-order valence-electron chi connectivity index (χ0n) is 14.3. The molecule has 0 spiro atoms. The quantitative estimate of drug-likeness (QED) is 0.898. The first-order valence-corrected chi connectivity index (χ1v) is 9.06. The highest BCUT2D eigenvalue weighted by Crippen LogP contribution is 2.32. The molecule has 1 saturated heterocycles. The van der Waals surface area contributed by atoms with Crippen LogP contribution in [0.2, 0.25) is 0 Å². The van der Waals surface area contributed by atoms with E-state index < -0.39 is 0 Å². The van der Waals surface area contributed by atoms with Crippen molar-refractivity contribution in [3.05, 3.63) is 16.5 Å². The van der Waals surface area contributed by atoms with Gasteiger partial charge in [-0.1, -0.05) is 27.7 Å². The van der Waals surface area contributed by atoms with Crippen LogP contribution in [0.25, 0.3) is 0 Å². The minimum absolute atomic E-state index is 0.00394. The van der Waals surface area contributed by atoms with Gasteiger partial charge < -0.3 is 15.0 Å². The second-order valence-electron chi connectivity index (χ2n) is 6.61. The molecule has 1 aromatic rings. The molecule has 1 aliphatic rings. The van der Waals surface area contributed by atoms with Gasteiger partial charge in [-0.05, 0) is 23.3 Å². The topological polar surface area (TPSA) is 58.6 Å². The van der Waals surface area contributed by atoms with Crippen LogP contribution in [-0.2, 0) is 16.0 Å². The first kappa shape index (κ1) is 17.9. The number of anilines is 1. The van der Waals surface area contributed by atoms with Gasteiger partial charge in [0.05, 0.1) is 18.8 Å². The lowest BCUT2D eigenvalue weighted by molar-refractivity contribution is -0.118. The minimum Gasteiger partial charge on any atom is -0.378 e. The van der Waals surface area contributed by atoms with Gasteiger partial charge in [-0.3, -0.25) is 9.59 Å². The summed E-state index contributed by atoms with van der Waals surface area (Å²) in [6.45, 7) is 10.3. The number of nitrogens with one attached hydrogen (secondary N) is 1. The third kappa shape index (κ3) is 4.54. The molecule has 2 amide bonds. The van der Waals surface area contributed by atoms with Crippen molar-refractivity contribution in [1.29, 1.82) is 0 Å². The largest absolute Gasteiger partial charge is 0.378 e. The molecule has 0 bridgehead atoms. The Hall–Kier alpha value is -1.40. The average Bonchev–Trinajstić information content (AvgIpc) is 2.89. The first-order valence-electron chi connectivity index (χ1n) is 8.18. The van der Waals surface area contributed by atoms with Gasteiger partial charge >= 0.3 is 0 Å². The summed E-state index contributed by atoms with van der Waals surface area (Å²) in [5, 5.41) is 5.60. The molecule has 128 valence electrons. The fraction of sp³-hybridized carbons (Fsp3) is 0.647. The van der Waals surface area contributed by atoms with Crippen molar-refractivity contribution < 1.29 is 14.3 Å². The summed E-state index contributed by atoms with van der Waals surface area (Å²) in [4.78, 5) is 26.8. The highest BCUT2D eigenvalue weighted by Gasteiger charge is 2.26. The Balaban J connectivity index is 2.29. The summed E-state index contributed by atoms with van der Waals surface area (Å²) in [5.74, 6) is 0.287. The van der Waals surface area contributed by atoms with Crippen molar-refractivity contribution in [2.24, 2.45) is 11.8 Å². The maximum atomic E-state index is 13.0. The predicted molar refractivity (Wildman–Crippen MR) is 93.1 cm³/mol. The molecule has 0 aromatic carbocycles. The zero-order valence-corrected chi connectivity index (χ0v) is 15.2. The molecule has 0 saturated carbocycles. The van der Waals surface area contributed by atoms with E-state index in [1.807, 2.05) is 24.1 Å². The molecule has 6 heteroatoms. The van der Waals surface area contributed by atoms with Crippen molar-refractivity contribution >= 4 is 28.2 Å². The Morgan fingerprint density at radius 1 is 1.26 bits per heavy atom. The summed E-state index contributed by atoms with van der Waals surface area (Å²) in [7, 11) is 0. The normalized spacial score (nSPS) is 15.3. The second kappa shape index (κ2) is 7.93. The summed E-state index contributed by atoms with van der Waals surface area (Å²) in [6, 6.07) is 0. The number of morpholine rings is 1. The molecule has 0 atom stereocenters. The Morgan fingerprint density at radius 3 is 2.48 bits per heavy atom. The SMILES string of the molecule is CC(C)Cc1csc(NC(=O)C(C)C)c1C(=O)N1CCOCC1. The van der Waals surface area contributed by atoms with E-state index in [1.54, 1.807) is 0 Å². The summed E-state index contributed by atoms with van der Waals surface area (Å²) >= 11 is 1.45. The van der Waals surface area contributed by atoms with Gasteiger partial charge in [-0.25, -0.2) is 0 Å². The van der Waals surface area contributed by atoms with Crippen LogP contribution in [0, 0.1) is 11.8 Å². The van der Waals surface area contributed by atoms with Crippen LogP contribution in [0.5, 0.6) is 0 Å². The molecular formula is C17H26N2O3S. The number of carbonyl (C=O) groups excluding carboxylic acids is 2. The Labute approximate surface area is 142 Å². The van der Waals surface area contributed by atoms with E-state index in [9.17, 15) is 9.59 Å². The lowest BCUT2D eigenvalue weighted by Gasteiger charge is -2.27. The van der Waals surface area contributed by atoms with Gasteiger partial charge in [0.1, 0.15) is 5.00 Å². The van der Waals surface area contributed by atoms with E-state index in [0.29, 0.717) is 42.8 Å². The molecule has 0 radical (unpaired) electrons. The van der Waals surface area contributed by atoms with Gasteiger partial charge in [-0.15, -0.1) is 11.3 Å². The maximum absolute atomic E-state index is 13.0. The van der Waals surface area contributed by atoms with Crippen molar-refractivity contribution in [2.45, 2.75) is 34.1 Å². The van der Waals surface area contributed by atoms with Gasteiger partial charge in [0.25, 0.3) is 5.91 Å². The van der Waals surface area contributed by atoms with E-state index in [0.717, 1.165) is 12.0 Å². The highest BCUT2D eigenvalue weighted by atomic mass is 32.1. The average molecular weight is 338 g/mol. The standard InChI is InChI=1S/C17H26N2O3S/c1-11(2)9-13-10-23-16(18-15(20)12(3)4)14(13)17(21)19-5-7-22-8-6-19/h10-12H,5-9H2,1-4H3,(H,18,20). The van der Waals surface area contributed by atoms with Crippen LogP contribution in [-0.4, -0.2) is 43.0 Å². The van der Waals surface area contributed by atoms with Gasteiger partial charge in [0.2, 0.25) is 5.91 Å². The summed E-state index contributed by atoms with van der Waals surface area (Å²) in [5.41, 5.74) is 1.69. The van der Waals surface area contributed by atoms with E-state index >= 15 is 0 Å². The van der Waals surface area contributed by atoms with Crippen LogP contribution in [0.1, 0.15) is 43.6 Å². The molecule has 0 unspecified atom stereocenters. The number of rotatable bonds is 5. The number of amides is 2. The number of carbonyl (C=O) groups is 2. The fourth-order valence-corrected chi connectivity index (χ4v) is 3.46. The lowest BCUT2D eigenvalue weighted by atomic mass is 10.0. The van der Waals surface area contributed by atoms with Crippen LogP contribution in [0.4, 0.5) is 5.00 Å². The summed E-state index contributed by atoms with van der Waals surface area (Å²) in [6.07, 6.45) is 0.833. The van der Waals surface area contributed by atoms with Crippen LogP contribution in [0.3, 0.4) is 0 Å². The molecule has 23 heavy (non-hydrogen) atoms. The molecule has 0 aliphatic carbocycles. The monoisotopic (exact) mass is 338 g/mol. The van der Waals surface area contributed by atoms with Crippen molar-refractivity contribution in [2.75, 3.05) is 31.6 Å². The van der Waals surface area contributed by atoms with Gasteiger partial charge in [-0.2, -0.15) is 0 Å². The molecule has 5 nitrogen and oxygen atoms in total. The minimum atomic E-state index is -0.114. The highest BCUT2D eigenvalue weighted by molar-refractivity contribution is 7.15. The van der Waals surface area contributed by atoms with E-state index in [4.69, 9.17) is 4.74 Å². The zero-order chi connectivity index (χ0) is 17.0. The lowest BCUT2D eigenvalue weighted by Crippen LogP contribution is -2.41. The number of nitrogens with zero attached hydrogens (tertiary/aromatic N) is 1. The van der Waals surface area contributed by atoms with Crippen LogP contribution >= 0.6 is 11.3 Å². The predicted octanol–water partition coefficient (Wildman–Crippen LogP) is 3.01. The molecule has 2 rings (SSSR count). The summed E-state index contributed by atoms with van der Waals surface area (Å²) < 4.78 is 5.33. The second-order valence-corrected chi connectivity index (χ2v) is 7.49. The number of hydrogen-bond acceptors (Lipinski definition) is 4. The molecule has 1 N–H and O–H groups in total. The Morgan fingerprint density at radius 2 is 1.91 bits per heavy atom. The fourth-order valence-electron chi connectivity index (χ4n) is 2.49. The van der Waals surface area contributed by atoms with Crippen molar-refractivity contribution in [1.82, 2.24) is 4.90 Å². The Kier molecular flexibility index (Phi) is 6.18. The molecule has 1 aromatic heterocycles. The van der Waals surface area contributed by atoms with Crippen LogP contribution < -0.4 is 5.32 Å². The Bertz CT molecular complexity index is 560. The van der Waals surface area contributed by atoms with E-state index in [1.165, 1.54) is 11.3 Å². The van der Waals surface area contributed by atoms with E-state index in [-0.39, 0.29) is 17.7 Å². The molecular weight excluding hydrogens is 312 g/mol. The molecule has 1 aliphatic heterocycles. The smallest absolute Gasteiger partial charge is 0.257 e. The third-order valence-electron chi connectivity index (χ3n) is 3.77. The van der Waals surface area contributed by atoms with Gasteiger partial charge in [0.15, 0.2) is 0 Å². The van der Waals surface area contributed by atoms with Gasteiger partial charge in [0, 0.05) is 19.0 Å². The molecule has 2 heterocycles. The van der Waals surface area contributed by atoms with E-state index in [2.05, 4.69) is 19.2 Å². The maximum Gasteiger partial charge on any atom is 0.257 e. The number of ether oxygens (including phenoxy) is 1. The van der Waals surface area contributed by atoms with Crippen molar-refractivity contribution in [3.8, 4) is 0 Å². The first-order chi connectivity index (χ1) is 10.9. The van der Waals surface area contributed by atoms with Crippen molar-refractivity contribution in [3.63, 3.8) is 0 Å².